The zero-order valence-corrected chi connectivity index (χ0v) is 9.90. The van der Waals surface area contributed by atoms with Gasteiger partial charge in [0.1, 0.15) is 17.3 Å². The first-order chi connectivity index (χ1) is 8.30. The fourth-order valence-electron chi connectivity index (χ4n) is 1.77. The van der Waals surface area contributed by atoms with Crippen molar-refractivity contribution in [2.45, 2.75) is 6.54 Å². The number of hydrogen-bond donors (Lipinski definition) is 1. The van der Waals surface area contributed by atoms with Crippen LogP contribution in [0.5, 0.6) is 11.5 Å². The summed E-state index contributed by atoms with van der Waals surface area (Å²) < 4.78 is 16.0. The number of benzene rings is 1. The van der Waals surface area contributed by atoms with E-state index in [9.17, 15) is 0 Å². The quantitative estimate of drug-likeness (QED) is 0.881. The molecule has 1 heterocycles. The lowest BCUT2D eigenvalue weighted by atomic mass is 10.1. The van der Waals surface area contributed by atoms with Gasteiger partial charge in [-0.3, -0.25) is 0 Å². The predicted octanol–water partition coefficient (Wildman–Crippen LogP) is 2.42. The summed E-state index contributed by atoms with van der Waals surface area (Å²) in [4.78, 5) is 0. The molecule has 2 N–H and O–H groups in total. The Balaban J connectivity index is 2.56. The molecule has 0 aliphatic carbocycles. The fraction of sp³-hybridized carbons (Fsp3) is 0.231. The molecule has 0 aliphatic heterocycles. The van der Waals surface area contributed by atoms with Crippen LogP contribution >= 0.6 is 0 Å². The van der Waals surface area contributed by atoms with Crippen LogP contribution in [0.25, 0.3) is 11.3 Å². The van der Waals surface area contributed by atoms with E-state index in [1.807, 2.05) is 24.3 Å². The molecule has 2 aromatic rings. The van der Waals surface area contributed by atoms with Gasteiger partial charge in [-0.1, -0.05) is 0 Å². The molecule has 4 heteroatoms. The molecule has 2 rings (SSSR count). The van der Waals surface area contributed by atoms with Gasteiger partial charge in [0, 0.05) is 17.7 Å². The summed E-state index contributed by atoms with van der Waals surface area (Å²) in [5.74, 6) is 2.18. The highest BCUT2D eigenvalue weighted by atomic mass is 16.5. The summed E-state index contributed by atoms with van der Waals surface area (Å²) in [5.41, 5.74) is 7.44. The van der Waals surface area contributed by atoms with Gasteiger partial charge < -0.3 is 19.6 Å². The van der Waals surface area contributed by atoms with Crippen molar-refractivity contribution in [3.8, 4) is 22.8 Å². The maximum Gasteiger partial charge on any atom is 0.134 e. The smallest absolute Gasteiger partial charge is 0.134 e. The molecule has 0 radical (unpaired) electrons. The summed E-state index contributed by atoms with van der Waals surface area (Å²) in [7, 11) is 3.22. The first kappa shape index (κ1) is 11.5. The highest BCUT2D eigenvalue weighted by molar-refractivity contribution is 5.65. The second-order valence-electron chi connectivity index (χ2n) is 3.54. The van der Waals surface area contributed by atoms with Crippen LogP contribution in [0.4, 0.5) is 0 Å². The van der Waals surface area contributed by atoms with Crippen molar-refractivity contribution in [2.24, 2.45) is 5.73 Å². The van der Waals surface area contributed by atoms with E-state index in [4.69, 9.17) is 19.6 Å². The lowest BCUT2D eigenvalue weighted by Gasteiger charge is -2.13. The molecule has 0 bridgehead atoms. The number of ether oxygens (including phenoxy) is 2. The molecule has 0 saturated carbocycles. The highest BCUT2D eigenvalue weighted by Gasteiger charge is 2.13. The van der Waals surface area contributed by atoms with E-state index in [-0.39, 0.29) is 0 Å². The van der Waals surface area contributed by atoms with Crippen molar-refractivity contribution in [1.29, 1.82) is 0 Å². The van der Waals surface area contributed by atoms with Gasteiger partial charge in [0.2, 0.25) is 0 Å². The Labute approximate surface area is 99.9 Å². The standard InChI is InChI=1S/C13H15NO3/c1-15-12-6-9(11-4-3-5-17-11)7-13(16-2)10(12)8-14/h3-7H,8,14H2,1-2H3. The number of methoxy groups -OCH3 is 2. The van der Waals surface area contributed by atoms with E-state index >= 15 is 0 Å². The van der Waals surface area contributed by atoms with Gasteiger partial charge in [0.25, 0.3) is 0 Å². The van der Waals surface area contributed by atoms with Crippen LogP contribution in [0.15, 0.2) is 34.9 Å². The molecular weight excluding hydrogens is 218 g/mol. The monoisotopic (exact) mass is 233 g/mol. The van der Waals surface area contributed by atoms with E-state index in [1.54, 1.807) is 20.5 Å². The molecule has 0 spiro atoms. The van der Waals surface area contributed by atoms with Gasteiger partial charge in [0.05, 0.1) is 20.5 Å². The number of nitrogens with two attached hydrogens (primary N) is 1. The largest absolute Gasteiger partial charge is 0.496 e. The molecule has 1 aromatic heterocycles. The Morgan fingerprint density at radius 1 is 1.18 bits per heavy atom. The van der Waals surface area contributed by atoms with Crippen LogP contribution in [0.1, 0.15) is 5.56 Å². The van der Waals surface area contributed by atoms with Crippen LogP contribution in [-0.4, -0.2) is 14.2 Å². The Bertz CT molecular complexity index is 466. The van der Waals surface area contributed by atoms with E-state index in [0.717, 1.165) is 16.9 Å². The Morgan fingerprint density at radius 3 is 2.24 bits per heavy atom. The predicted molar refractivity (Wildman–Crippen MR) is 65.1 cm³/mol. The zero-order valence-electron chi connectivity index (χ0n) is 9.90. The van der Waals surface area contributed by atoms with Crippen molar-refractivity contribution in [3.63, 3.8) is 0 Å². The van der Waals surface area contributed by atoms with Gasteiger partial charge >= 0.3 is 0 Å². The Kier molecular flexibility index (Phi) is 3.35. The van der Waals surface area contributed by atoms with Crippen molar-refractivity contribution >= 4 is 0 Å². The highest BCUT2D eigenvalue weighted by Crippen LogP contribution is 2.34. The lowest BCUT2D eigenvalue weighted by Crippen LogP contribution is -2.03. The third-order valence-electron chi connectivity index (χ3n) is 2.62. The van der Waals surface area contributed by atoms with Crippen LogP contribution in [0, 0.1) is 0 Å². The van der Waals surface area contributed by atoms with Gasteiger partial charge in [-0.25, -0.2) is 0 Å². The molecule has 0 saturated heterocycles. The first-order valence-corrected chi connectivity index (χ1v) is 5.29. The summed E-state index contributed by atoms with van der Waals surface area (Å²) in [6.45, 7) is 0.366. The Morgan fingerprint density at radius 2 is 1.82 bits per heavy atom. The molecule has 0 fully saturated rings. The first-order valence-electron chi connectivity index (χ1n) is 5.29. The molecule has 0 unspecified atom stereocenters. The van der Waals surface area contributed by atoms with Gasteiger partial charge in [-0.2, -0.15) is 0 Å². The van der Waals surface area contributed by atoms with Crippen LogP contribution in [-0.2, 0) is 6.54 Å². The van der Waals surface area contributed by atoms with Crippen LogP contribution < -0.4 is 15.2 Å². The normalized spacial score (nSPS) is 10.3. The maximum atomic E-state index is 5.69. The van der Waals surface area contributed by atoms with Crippen molar-refractivity contribution in [3.05, 3.63) is 36.1 Å². The minimum Gasteiger partial charge on any atom is -0.496 e. The average Bonchev–Trinajstić information content (AvgIpc) is 2.90. The molecular formula is C13H15NO3. The zero-order chi connectivity index (χ0) is 12.3. The molecule has 0 atom stereocenters. The Hall–Kier alpha value is -1.94. The van der Waals surface area contributed by atoms with Crippen molar-refractivity contribution in [2.75, 3.05) is 14.2 Å². The summed E-state index contributed by atoms with van der Waals surface area (Å²) in [6.07, 6.45) is 1.63. The number of furan rings is 1. The third kappa shape index (κ3) is 2.12. The minimum absolute atomic E-state index is 0.366. The number of hydrogen-bond acceptors (Lipinski definition) is 4. The van der Waals surface area contributed by atoms with E-state index < -0.39 is 0 Å². The lowest BCUT2D eigenvalue weighted by molar-refractivity contribution is 0.385. The third-order valence-corrected chi connectivity index (χ3v) is 2.62. The van der Waals surface area contributed by atoms with Gasteiger partial charge in [-0.15, -0.1) is 0 Å². The van der Waals surface area contributed by atoms with E-state index in [0.29, 0.717) is 18.0 Å². The average molecular weight is 233 g/mol. The van der Waals surface area contributed by atoms with Gasteiger partial charge in [0.15, 0.2) is 0 Å². The number of rotatable bonds is 4. The summed E-state index contributed by atoms with van der Waals surface area (Å²) in [5, 5.41) is 0. The van der Waals surface area contributed by atoms with Crippen molar-refractivity contribution in [1.82, 2.24) is 0 Å². The molecule has 90 valence electrons. The van der Waals surface area contributed by atoms with E-state index in [1.165, 1.54) is 0 Å². The SMILES string of the molecule is COc1cc(-c2ccco2)cc(OC)c1CN. The van der Waals surface area contributed by atoms with Gasteiger partial charge in [-0.05, 0) is 24.3 Å². The van der Waals surface area contributed by atoms with Crippen LogP contribution in [0.3, 0.4) is 0 Å². The second-order valence-corrected chi connectivity index (χ2v) is 3.54. The maximum absolute atomic E-state index is 5.69. The molecule has 17 heavy (non-hydrogen) atoms. The molecule has 1 aromatic carbocycles. The topological polar surface area (TPSA) is 57.6 Å². The second kappa shape index (κ2) is 4.93. The van der Waals surface area contributed by atoms with Crippen LogP contribution in [0.2, 0.25) is 0 Å². The summed E-state index contributed by atoms with van der Waals surface area (Å²) in [6, 6.07) is 7.51. The summed E-state index contributed by atoms with van der Waals surface area (Å²) >= 11 is 0. The fourth-order valence-corrected chi connectivity index (χ4v) is 1.77. The minimum atomic E-state index is 0.366. The van der Waals surface area contributed by atoms with E-state index in [2.05, 4.69) is 0 Å². The molecule has 4 nitrogen and oxygen atoms in total. The van der Waals surface area contributed by atoms with Crippen molar-refractivity contribution < 1.29 is 13.9 Å². The molecule has 0 aliphatic rings. The molecule has 0 amide bonds.